The molecule has 5 heteroatoms. The molecular weight excluding hydrogens is 301 g/mol. The van der Waals surface area contributed by atoms with E-state index in [-0.39, 0.29) is 5.82 Å². The molecule has 1 aromatic heterocycles. The van der Waals surface area contributed by atoms with Gasteiger partial charge in [-0.2, -0.15) is 0 Å². The van der Waals surface area contributed by atoms with Gasteiger partial charge in [0.1, 0.15) is 5.82 Å². The monoisotopic (exact) mass is 313 g/mol. The van der Waals surface area contributed by atoms with Gasteiger partial charge in [0, 0.05) is 23.3 Å². The van der Waals surface area contributed by atoms with E-state index in [4.69, 9.17) is 11.6 Å². The highest BCUT2D eigenvalue weighted by Gasteiger charge is 2.02. The third-order valence-electron chi connectivity index (χ3n) is 3.16. The summed E-state index contributed by atoms with van der Waals surface area (Å²) in [4.78, 5) is 8.66. The van der Waals surface area contributed by atoms with Crippen molar-refractivity contribution >= 4 is 17.5 Å². The lowest BCUT2D eigenvalue weighted by molar-refractivity contribution is 0.627. The molecule has 110 valence electrons. The van der Waals surface area contributed by atoms with Gasteiger partial charge in [0.05, 0.1) is 5.69 Å². The molecule has 0 saturated heterocycles. The van der Waals surface area contributed by atoms with Crippen LogP contribution in [0.25, 0.3) is 11.3 Å². The normalized spacial score (nSPS) is 10.5. The molecule has 0 amide bonds. The lowest BCUT2D eigenvalue weighted by Crippen LogP contribution is -2.03. The maximum atomic E-state index is 12.9. The minimum absolute atomic E-state index is 0.246. The van der Waals surface area contributed by atoms with Crippen molar-refractivity contribution in [1.82, 2.24) is 9.97 Å². The number of benzene rings is 2. The third-order valence-corrected chi connectivity index (χ3v) is 3.41. The Balaban J connectivity index is 1.73. The van der Waals surface area contributed by atoms with E-state index in [0.29, 0.717) is 17.5 Å². The predicted octanol–water partition coefficient (Wildman–Crippen LogP) is 4.55. The maximum absolute atomic E-state index is 12.9. The molecule has 1 N–H and O–H groups in total. The van der Waals surface area contributed by atoms with Gasteiger partial charge in [-0.3, -0.25) is 0 Å². The first kappa shape index (κ1) is 14.5. The van der Waals surface area contributed by atoms with Gasteiger partial charge >= 0.3 is 0 Å². The number of nitrogens with one attached hydrogen (secondary N) is 1. The van der Waals surface area contributed by atoms with Crippen LogP contribution >= 0.6 is 11.6 Å². The van der Waals surface area contributed by atoms with Crippen molar-refractivity contribution in [2.45, 2.75) is 6.54 Å². The van der Waals surface area contributed by atoms with Crippen LogP contribution in [0.2, 0.25) is 5.02 Å². The molecule has 0 aliphatic rings. The Morgan fingerprint density at radius 1 is 0.955 bits per heavy atom. The second-order valence-electron chi connectivity index (χ2n) is 4.75. The summed E-state index contributed by atoms with van der Waals surface area (Å²) in [7, 11) is 0. The fourth-order valence-corrected chi connectivity index (χ4v) is 2.13. The molecule has 0 radical (unpaired) electrons. The minimum atomic E-state index is -0.246. The molecule has 0 bridgehead atoms. The van der Waals surface area contributed by atoms with Gasteiger partial charge in [-0.25, -0.2) is 14.4 Å². The minimum Gasteiger partial charge on any atom is -0.350 e. The van der Waals surface area contributed by atoms with Crippen LogP contribution in [-0.4, -0.2) is 9.97 Å². The maximum Gasteiger partial charge on any atom is 0.223 e. The lowest BCUT2D eigenvalue weighted by Gasteiger charge is -2.07. The number of rotatable bonds is 4. The molecule has 0 aliphatic carbocycles. The molecule has 1 heterocycles. The number of aromatic nitrogens is 2. The summed E-state index contributed by atoms with van der Waals surface area (Å²) in [5.41, 5.74) is 2.74. The predicted molar refractivity (Wildman–Crippen MR) is 86.2 cm³/mol. The zero-order valence-electron chi connectivity index (χ0n) is 11.6. The average Bonchev–Trinajstić information content (AvgIpc) is 2.55. The van der Waals surface area contributed by atoms with E-state index < -0.39 is 0 Å². The molecule has 0 unspecified atom stereocenters. The van der Waals surface area contributed by atoms with Crippen LogP contribution in [0.3, 0.4) is 0 Å². The molecule has 0 atom stereocenters. The third kappa shape index (κ3) is 3.59. The highest BCUT2D eigenvalue weighted by Crippen LogP contribution is 2.20. The van der Waals surface area contributed by atoms with E-state index in [1.807, 2.05) is 30.3 Å². The zero-order chi connectivity index (χ0) is 15.4. The van der Waals surface area contributed by atoms with Crippen molar-refractivity contribution in [2.75, 3.05) is 5.32 Å². The molecule has 0 saturated carbocycles. The Kier molecular flexibility index (Phi) is 4.30. The van der Waals surface area contributed by atoms with E-state index in [2.05, 4.69) is 15.3 Å². The first-order valence-electron chi connectivity index (χ1n) is 6.78. The Hall–Kier alpha value is -2.46. The number of nitrogens with zero attached hydrogens (tertiary/aromatic N) is 2. The highest BCUT2D eigenvalue weighted by atomic mass is 35.5. The highest BCUT2D eigenvalue weighted by molar-refractivity contribution is 6.30. The van der Waals surface area contributed by atoms with E-state index in [1.54, 1.807) is 18.3 Å². The van der Waals surface area contributed by atoms with Gasteiger partial charge in [-0.15, -0.1) is 0 Å². The molecule has 0 fully saturated rings. The summed E-state index contributed by atoms with van der Waals surface area (Å²) in [6.07, 6.45) is 1.70. The Bertz CT molecular complexity index is 758. The van der Waals surface area contributed by atoms with Crippen molar-refractivity contribution in [3.8, 4) is 11.3 Å². The van der Waals surface area contributed by atoms with Gasteiger partial charge in [0.25, 0.3) is 0 Å². The summed E-state index contributed by atoms with van der Waals surface area (Å²) < 4.78 is 12.9. The summed E-state index contributed by atoms with van der Waals surface area (Å²) >= 11 is 5.89. The molecule has 0 spiro atoms. The van der Waals surface area contributed by atoms with Crippen LogP contribution in [0.5, 0.6) is 0 Å². The van der Waals surface area contributed by atoms with Crippen LogP contribution < -0.4 is 5.32 Å². The Morgan fingerprint density at radius 2 is 1.68 bits per heavy atom. The summed E-state index contributed by atoms with van der Waals surface area (Å²) in [5, 5.41) is 3.82. The summed E-state index contributed by atoms with van der Waals surface area (Å²) in [5.74, 6) is 0.279. The van der Waals surface area contributed by atoms with Crippen molar-refractivity contribution in [1.29, 1.82) is 0 Å². The van der Waals surface area contributed by atoms with Crippen LogP contribution in [0.15, 0.2) is 60.8 Å². The first-order valence-corrected chi connectivity index (χ1v) is 7.16. The van der Waals surface area contributed by atoms with E-state index >= 15 is 0 Å². The standard InChI is InChI=1S/C17H13ClFN3/c18-14-5-3-13(4-6-14)16-9-10-20-17(22-16)21-11-12-1-7-15(19)8-2-12/h1-10H,11H2,(H,20,21,22). The van der Waals surface area contributed by atoms with Crippen LogP contribution in [0.1, 0.15) is 5.56 Å². The molecular formula is C17H13ClFN3. The van der Waals surface area contributed by atoms with E-state index in [1.165, 1.54) is 12.1 Å². The van der Waals surface area contributed by atoms with Gasteiger partial charge < -0.3 is 5.32 Å². The van der Waals surface area contributed by atoms with Crippen molar-refractivity contribution < 1.29 is 4.39 Å². The molecule has 3 nitrogen and oxygen atoms in total. The van der Waals surface area contributed by atoms with Crippen LogP contribution in [-0.2, 0) is 6.54 Å². The summed E-state index contributed by atoms with van der Waals surface area (Å²) in [6.45, 7) is 0.532. The number of hydrogen-bond donors (Lipinski definition) is 1. The smallest absolute Gasteiger partial charge is 0.223 e. The van der Waals surface area contributed by atoms with Crippen molar-refractivity contribution in [2.24, 2.45) is 0 Å². The number of anilines is 1. The zero-order valence-corrected chi connectivity index (χ0v) is 12.4. The van der Waals surface area contributed by atoms with E-state index in [9.17, 15) is 4.39 Å². The van der Waals surface area contributed by atoms with Gasteiger partial charge in [-0.1, -0.05) is 35.9 Å². The largest absolute Gasteiger partial charge is 0.350 e. The van der Waals surface area contributed by atoms with Gasteiger partial charge in [-0.05, 0) is 35.9 Å². The fraction of sp³-hybridized carbons (Fsp3) is 0.0588. The second-order valence-corrected chi connectivity index (χ2v) is 5.19. The Morgan fingerprint density at radius 3 is 2.41 bits per heavy atom. The molecule has 3 rings (SSSR count). The Labute approximate surface area is 132 Å². The van der Waals surface area contributed by atoms with Crippen molar-refractivity contribution in [3.05, 3.63) is 77.2 Å². The topological polar surface area (TPSA) is 37.8 Å². The van der Waals surface area contributed by atoms with Gasteiger partial charge in [0.15, 0.2) is 0 Å². The number of hydrogen-bond acceptors (Lipinski definition) is 3. The lowest BCUT2D eigenvalue weighted by atomic mass is 10.1. The molecule has 22 heavy (non-hydrogen) atoms. The van der Waals surface area contributed by atoms with Crippen molar-refractivity contribution in [3.63, 3.8) is 0 Å². The fourth-order valence-electron chi connectivity index (χ4n) is 2.01. The second kappa shape index (κ2) is 6.54. The SMILES string of the molecule is Fc1ccc(CNc2nccc(-c3ccc(Cl)cc3)n2)cc1. The molecule has 0 aliphatic heterocycles. The van der Waals surface area contributed by atoms with E-state index in [0.717, 1.165) is 16.8 Å². The first-order chi connectivity index (χ1) is 10.7. The molecule has 2 aromatic carbocycles. The summed E-state index contributed by atoms with van der Waals surface area (Å²) in [6, 6.07) is 15.6. The van der Waals surface area contributed by atoms with Crippen LogP contribution in [0.4, 0.5) is 10.3 Å². The number of halogens is 2. The van der Waals surface area contributed by atoms with Crippen LogP contribution in [0, 0.1) is 5.82 Å². The average molecular weight is 314 g/mol. The molecule has 3 aromatic rings. The quantitative estimate of drug-likeness (QED) is 0.768. The van der Waals surface area contributed by atoms with Gasteiger partial charge in [0.2, 0.25) is 5.95 Å².